The van der Waals surface area contributed by atoms with Crippen molar-refractivity contribution < 1.29 is 27.1 Å². The summed E-state index contributed by atoms with van der Waals surface area (Å²) in [5.74, 6) is -0.131. The van der Waals surface area contributed by atoms with Crippen molar-refractivity contribution in [3.63, 3.8) is 0 Å². The van der Waals surface area contributed by atoms with E-state index in [0.29, 0.717) is 44.1 Å². The van der Waals surface area contributed by atoms with E-state index >= 15 is 0 Å². The summed E-state index contributed by atoms with van der Waals surface area (Å²) >= 11 is 0. The zero-order chi connectivity index (χ0) is 21.3. The molecule has 1 aromatic carbocycles. The molecular weight excluding hydrogens is 399 g/mol. The van der Waals surface area contributed by atoms with Crippen LogP contribution in [-0.2, 0) is 19.6 Å². The van der Waals surface area contributed by atoms with Crippen molar-refractivity contribution in [3.05, 3.63) is 29.6 Å². The molecule has 0 amide bonds. The number of carbonyl (C=O) groups is 1. The van der Waals surface area contributed by atoms with E-state index in [1.807, 2.05) is 0 Å². The SMILES string of the molecule is CCOC(=O)CNCCCCS(=O)(=O)N[C@H](C)c1ccc(F)c(OCC2CC2)c1. The van der Waals surface area contributed by atoms with Crippen LogP contribution in [0.2, 0.25) is 0 Å². The molecule has 0 bridgehead atoms. The molecule has 7 nitrogen and oxygen atoms in total. The standard InChI is InChI=1S/C20H31FN2O5S/c1-3-27-20(24)13-22-10-4-5-11-29(25,26)23-15(2)17-8-9-18(21)19(12-17)28-14-16-6-7-16/h8-9,12,15-16,22-23H,3-7,10-11,13-14H2,1-2H3/t15-/m1/s1. The highest BCUT2D eigenvalue weighted by Gasteiger charge is 2.23. The first-order valence-electron chi connectivity index (χ1n) is 10.1. The Balaban J connectivity index is 1.74. The number of sulfonamides is 1. The predicted octanol–water partition coefficient (Wildman–Crippen LogP) is 2.53. The lowest BCUT2D eigenvalue weighted by Gasteiger charge is -2.16. The lowest BCUT2D eigenvalue weighted by molar-refractivity contribution is -0.141. The number of halogens is 1. The molecule has 0 aromatic heterocycles. The number of ether oxygens (including phenoxy) is 2. The van der Waals surface area contributed by atoms with Crippen molar-refractivity contribution in [2.45, 2.75) is 45.6 Å². The summed E-state index contributed by atoms with van der Waals surface area (Å²) in [5, 5.41) is 2.92. The molecule has 1 aliphatic carbocycles. The molecule has 2 N–H and O–H groups in total. The van der Waals surface area contributed by atoms with Crippen molar-refractivity contribution in [2.24, 2.45) is 5.92 Å². The van der Waals surface area contributed by atoms with Crippen LogP contribution in [0.5, 0.6) is 5.75 Å². The van der Waals surface area contributed by atoms with E-state index in [-0.39, 0.29) is 24.0 Å². The van der Waals surface area contributed by atoms with Gasteiger partial charge in [0.1, 0.15) is 0 Å². The third kappa shape index (κ3) is 9.10. The topological polar surface area (TPSA) is 93.7 Å². The monoisotopic (exact) mass is 430 g/mol. The Morgan fingerprint density at radius 3 is 2.76 bits per heavy atom. The van der Waals surface area contributed by atoms with Gasteiger partial charge in [0, 0.05) is 6.04 Å². The zero-order valence-electron chi connectivity index (χ0n) is 17.1. The number of rotatable bonds is 14. The number of hydrogen-bond acceptors (Lipinski definition) is 6. The normalized spacial score (nSPS) is 15.1. The second kappa shape index (κ2) is 11.5. The van der Waals surface area contributed by atoms with Gasteiger partial charge < -0.3 is 14.8 Å². The second-order valence-electron chi connectivity index (χ2n) is 7.29. The number of nitrogens with one attached hydrogen (secondary N) is 2. The van der Waals surface area contributed by atoms with E-state index in [4.69, 9.17) is 9.47 Å². The van der Waals surface area contributed by atoms with Gasteiger partial charge in [0.15, 0.2) is 11.6 Å². The fourth-order valence-electron chi connectivity index (χ4n) is 2.73. The van der Waals surface area contributed by atoms with Crippen LogP contribution in [0, 0.1) is 11.7 Å². The smallest absolute Gasteiger partial charge is 0.319 e. The quantitative estimate of drug-likeness (QED) is 0.348. The molecule has 2 rings (SSSR count). The molecule has 1 fully saturated rings. The Morgan fingerprint density at radius 1 is 1.31 bits per heavy atom. The molecule has 1 aromatic rings. The van der Waals surface area contributed by atoms with Crippen molar-refractivity contribution in [1.82, 2.24) is 10.0 Å². The third-order valence-corrected chi connectivity index (χ3v) is 6.11. The fourth-order valence-corrected chi connectivity index (χ4v) is 4.11. The molecule has 0 radical (unpaired) electrons. The average Bonchev–Trinajstić information content (AvgIpc) is 3.48. The highest BCUT2D eigenvalue weighted by molar-refractivity contribution is 7.89. The van der Waals surface area contributed by atoms with Gasteiger partial charge in [0.05, 0.1) is 25.5 Å². The van der Waals surface area contributed by atoms with Crippen LogP contribution in [-0.4, -0.2) is 46.4 Å². The van der Waals surface area contributed by atoms with Crippen LogP contribution < -0.4 is 14.8 Å². The summed E-state index contributed by atoms with van der Waals surface area (Å²) in [6.45, 7) is 4.94. The lowest BCUT2D eigenvalue weighted by atomic mass is 10.1. The maximum atomic E-state index is 13.9. The molecule has 0 unspecified atom stereocenters. The molecule has 1 saturated carbocycles. The van der Waals surface area contributed by atoms with Crippen molar-refractivity contribution in [1.29, 1.82) is 0 Å². The van der Waals surface area contributed by atoms with Gasteiger partial charge in [-0.05, 0) is 69.7 Å². The molecule has 0 spiro atoms. The molecule has 29 heavy (non-hydrogen) atoms. The molecule has 0 saturated heterocycles. The minimum absolute atomic E-state index is 0.0232. The van der Waals surface area contributed by atoms with E-state index in [0.717, 1.165) is 12.8 Å². The van der Waals surface area contributed by atoms with Gasteiger partial charge in [-0.3, -0.25) is 4.79 Å². The summed E-state index contributed by atoms with van der Waals surface area (Å²) in [6.07, 6.45) is 3.28. The molecule has 164 valence electrons. The van der Waals surface area contributed by atoms with Gasteiger partial charge in [-0.1, -0.05) is 6.07 Å². The molecule has 1 atom stereocenters. The first kappa shape index (κ1) is 23.6. The number of carbonyl (C=O) groups excluding carboxylic acids is 1. The van der Waals surface area contributed by atoms with Crippen molar-refractivity contribution >= 4 is 16.0 Å². The summed E-state index contributed by atoms with van der Waals surface area (Å²) in [5.41, 5.74) is 0.650. The summed E-state index contributed by atoms with van der Waals surface area (Å²) in [7, 11) is -3.48. The maximum absolute atomic E-state index is 13.9. The van der Waals surface area contributed by atoms with Crippen molar-refractivity contribution in [2.75, 3.05) is 32.1 Å². The van der Waals surface area contributed by atoms with E-state index in [1.165, 1.54) is 6.07 Å². The number of esters is 1. The van der Waals surface area contributed by atoms with Crippen LogP contribution in [0.3, 0.4) is 0 Å². The molecular formula is C20H31FN2O5S. The molecule has 1 aliphatic rings. The van der Waals surface area contributed by atoms with Crippen LogP contribution >= 0.6 is 0 Å². The average molecular weight is 431 g/mol. The van der Waals surface area contributed by atoms with Gasteiger partial charge in [-0.2, -0.15) is 0 Å². The fraction of sp³-hybridized carbons (Fsp3) is 0.650. The van der Waals surface area contributed by atoms with Gasteiger partial charge >= 0.3 is 5.97 Å². The predicted molar refractivity (Wildman–Crippen MR) is 109 cm³/mol. The summed E-state index contributed by atoms with van der Waals surface area (Å²) in [6, 6.07) is 3.93. The van der Waals surface area contributed by atoms with Gasteiger partial charge in [0.2, 0.25) is 10.0 Å². The first-order valence-corrected chi connectivity index (χ1v) is 11.7. The second-order valence-corrected chi connectivity index (χ2v) is 9.17. The van der Waals surface area contributed by atoms with Crippen molar-refractivity contribution in [3.8, 4) is 5.75 Å². The van der Waals surface area contributed by atoms with E-state index in [2.05, 4.69) is 10.0 Å². The number of benzene rings is 1. The largest absolute Gasteiger partial charge is 0.490 e. The van der Waals surface area contributed by atoms with Crippen LogP contribution in [0.4, 0.5) is 4.39 Å². The third-order valence-electron chi connectivity index (χ3n) is 4.57. The van der Waals surface area contributed by atoms with Gasteiger partial charge in [0.25, 0.3) is 0 Å². The number of hydrogen-bond donors (Lipinski definition) is 2. The molecule has 0 aliphatic heterocycles. The number of unbranched alkanes of at least 4 members (excludes halogenated alkanes) is 1. The minimum atomic E-state index is -3.48. The molecule has 0 heterocycles. The lowest BCUT2D eigenvalue weighted by Crippen LogP contribution is -2.30. The van der Waals surface area contributed by atoms with Gasteiger partial charge in [-0.15, -0.1) is 0 Å². The maximum Gasteiger partial charge on any atom is 0.319 e. The zero-order valence-corrected chi connectivity index (χ0v) is 17.9. The first-order chi connectivity index (χ1) is 13.8. The Labute approximate surface area is 172 Å². The summed E-state index contributed by atoms with van der Waals surface area (Å²) < 4.78 is 51.5. The Hall–Kier alpha value is -1.71. The molecule has 9 heteroatoms. The summed E-state index contributed by atoms with van der Waals surface area (Å²) in [4.78, 5) is 11.2. The Bertz CT molecular complexity index is 768. The Morgan fingerprint density at radius 2 is 2.07 bits per heavy atom. The Kier molecular flexibility index (Phi) is 9.32. The van der Waals surface area contributed by atoms with E-state index in [1.54, 1.807) is 26.0 Å². The van der Waals surface area contributed by atoms with Crippen LogP contribution in [0.1, 0.15) is 51.1 Å². The van der Waals surface area contributed by atoms with Crippen LogP contribution in [0.15, 0.2) is 18.2 Å². The highest BCUT2D eigenvalue weighted by atomic mass is 32.2. The van der Waals surface area contributed by atoms with E-state index in [9.17, 15) is 17.6 Å². The van der Waals surface area contributed by atoms with Gasteiger partial charge in [-0.25, -0.2) is 17.5 Å². The highest BCUT2D eigenvalue weighted by Crippen LogP contribution is 2.31. The van der Waals surface area contributed by atoms with Crippen LogP contribution in [0.25, 0.3) is 0 Å². The minimum Gasteiger partial charge on any atom is -0.490 e. The van der Waals surface area contributed by atoms with E-state index < -0.39 is 21.9 Å².